The Labute approximate surface area is 107 Å². The van der Waals surface area contributed by atoms with Crippen LogP contribution in [0.25, 0.3) is 0 Å². The molecule has 0 radical (unpaired) electrons. The molecule has 5 nitrogen and oxygen atoms in total. The van der Waals surface area contributed by atoms with Gasteiger partial charge in [0, 0.05) is 24.5 Å². The molecule has 5 heteroatoms. The quantitative estimate of drug-likeness (QED) is 0.872. The average molecular weight is 246 g/mol. The minimum absolute atomic E-state index is 0.253. The Kier molecular flexibility index (Phi) is 3.94. The molecular formula is C13H18N4O. The molecule has 0 saturated carbocycles. The van der Waals surface area contributed by atoms with Gasteiger partial charge in [0.1, 0.15) is 5.75 Å². The van der Waals surface area contributed by atoms with Crippen LogP contribution in [-0.4, -0.2) is 21.9 Å². The number of aromatic nitrogens is 3. The highest BCUT2D eigenvalue weighted by molar-refractivity contribution is 5.37. The fourth-order valence-corrected chi connectivity index (χ4v) is 1.98. The summed E-state index contributed by atoms with van der Waals surface area (Å²) >= 11 is 0. The molecule has 0 spiro atoms. The van der Waals surface area contributed by atoms with Crippen LogP contribution in [0, 0.1) is 0 Å². The van der Waals surface area contributed by atoms with Gasteiger partial charge < -0.3 is 10.5 Å². The zero-order valence-corrected chi connectivity index (χ0v) is 10.7. The normalized spacial score (nSPS) is 12.4. The molecule has 0 amide bonds. The van der Waals surface area contributed by atoms with E-state index in [0.717, 1.165) is 24.2 Å². The molecule has 2 N–H and O–H groups in total. The number of aryl methyl sites for hydroxylation is 1. The maximum Gasteiger partial charge on any atom is 0.142 e. The van der Waals surface area contributed by atoms with E-state index < -0.39 is 0 Å². The number of hydrogen-bond donors (Lipinski definition) is 1. The molecule has 2 heterocycles. The van der Waals surface area contributed by atoms with E-state index in [-0.39, 0.29) is 6.04 Å². The van der Waals surface area contributed by atoms with E-state index in [2.05, 4.69) is 17.0 Å². The average Bonchev–Trinajstić information content (AvgIpc) is 2.86. The van der Waals surface area contributed by atoms with Gasteiger partial charge >= 0.3 is 0 Å². The number of hydrogen-bond acceptors (Lipinski definition) is 4. The summed E-state index contributed by atoms with van der Waals surface area (Å²) in [6, 6.07) is 3.57. The second-order valence-corrected chi connectivity index (χ2v) is 4.07. The van der Waals surface area contributed by atoms with Gasteiger partial charge in [0.25, 0.3) is 0 Å². The van der Waals surface area contributed by atoms with Crippen molar-refractivity contribution in [1.29, 1.82) is 0 Å². The van der Waals surface area contributed by atoms with Crippen molar-refractivity contribution in [3.8, 4) is 5.75 Å². The SMILES string of the molecule is CCCn1nccc1C(N)c1ccncc1OC. The second-order valence-electron chi connectivity index (χ2n) is 4.07. The van der Waals surface area contributed by atoms with E-state index in [1.54, 1.807) is 25.7 Å². The van der Waals surface area contributed by atoms with Crippen molar-refractivity contribution in [2.75, 3.05) is 7.11 Å². The maximum absolute atomic E-state index is 6.30. The third kappa shape index (κ3) is 2.36. The molecule has 0 aliphatic carbocycles. The molecule has 2 aromatic rings. The highest BCUT2D eigenvalue weighted by atomic mass is 16.5. The van der Waals surface area contributed by atoms with Crippen LogP contribution >= 0.6 is 0 Å². The second kappa shape index (κ2) is 5.64. The molecule has 96 valence electrons. The Morgan fingerprint density at radius 1 is 1.39 bits per heavy atom. The van der Waals surface area contributed by atoms with Crippen molar-refractivity contribution >= 4 is 0 Å². The molecule has 1 atom stereocenters. The van der Waals surface area contributed by atoms with Crippen molar-refractivity contribution in [2.45, 2.75) is 25.9 Å². The van der Waals surface area contributed by atoms with Crippen LogP contribution in [-0.2, 0) is 6.54 Å². The maximum atomic E-state index is 6.30. The lowest BCUT2D eigenvalue weighted by Crippen LogP contribution is -2.18. The number of ether oxygens (including phenoxy) is 1. The summed E-state index contributed by atoms with van der Waals surface area (Å²) in [5.41, 5.74) is 8.21. The Bertz CT molecular complexity index is 509. The van der Waals surface area contributed by atoms with Crippen molar-refractivity contribution in [3.63, 3.8) is 0 Å². The first-order valence-electron chi connectivity index (χ1n) is 6.03. The smallest absolute Gasteiger partial charge is 0.142 e. The lowest BCUT2D eigenvalue weighted by Gasteiger charge is -2.16. The summed E-state index contributed by atoms with van der Waals surface area (Å²) in [6.45, 7) is 2.98. The summed E-state index contributed by atoms with van der Waals surface area (Å²) in [4.78, 5) is 4.04. The first-order valence-corrected chi connectivity index (χ1v) is 6.03. The van der Waals surface area contributed by atoms with E-state index in [9.17, 15) is 0 Å². The van der Waals surface area contributed by atoms with Crippen molar-refractivity contribution in [3.05, 3.63) is 42.0 Å². The van der Waals surface area contributed by atoms with Crippen molar-refractivity contribution < 1.29 is 4.74 Å². The summed E-state index contributed by atoms with van der Waals surface area (Å²) in [7, 11) is 1.62. The summed E-state index contributed by atoms with van der Waals surface area (Å²) in [5, 5.41) is 4.29. The van der Waals surface area contributed by atoms with Crippen LogP contribution < -0.4 is 10.5 Å². The fraction of sp³-hybridized carbons (Fsp3) is 0.385. The van der Waals surface area contributed by atoms with Gasteiger partial charge in [0.05, 0.1) is 25.0 Å². The van der Waals surface area contributed by atoms with Gasteiger partial charge in [-0.2, -0.15) is 5.10 Å². The molecular weight excluding hydrogens is 228 g/mol. The molecule has 0 fully saturated rings. The predicted octanol–water partition coefficient (Wildman–Crippen LogP) is 1.74. The summed E-state index contributed by atoms with van der Waals surface area (Å²) < 4.78 is 7.23. The van der Waals surface area contributed by atoms with Gasteiger partial charge in [0.2, 0.25) is 0 Å². The monoisotopic (exact) mass is 246 g/mol. The van der Waals surface area contributed by atoms with Crippen LogP contribution in [0.1, 0.15) is 30.6 Å². The third-order valence-corrected chi connectivity index (χ3v) is 2.87. The van der Waals surface area contributed by atoms with E-state index in [0.29, 0.717) is 5.75 Å². The molecule has 1 unspecified atom stereocenters. The molecule has 2 aromatic heterocycles. The Morgan fingerprint density at radius 2 is 2.22 bits per heavy atom. The van der Waals surface area contributed by atoms with E-state index >= 15 is 0 Å². The lowest BCUT2D eigenvalue weighted by atomic mass is 10.1. The van der Waals surface area contributed by atoms with Gasteiger partial charge in [-0.15, -0.1) is 0 Å². The number of nitrogens with two attached hydrogens (primary N) is 1. The van der Waals surface area contributed by atoms with Crippen LogP contribution in [0.15, 0.2) is 30.7 Å². The number of pyridine rings is 1. The fourth-order valence-electron chi connectivity index (χ4n) is 1.98. The molecule has 0 saturated heterocycles. The van der Waals surface area contributed by atoms with Crippen LogP contribution in [0.5, 0.6) is 5.75 Å². The third-order valence-electron chi connectivity index (χ3n) is 2.87. The topological polar surface area (TPSA) is 66.0 Å². The molecule has 0 aromatic carbocycles. The Hall–Kier alpha value is -1.88. The largest absolute Gasteiger partial charge is 0.495 e. The highest BCUT2D eigenvalue weighted by Gasteiger charge is 2.17. The van der Waals surface area contributed by atoms with Gasteiger partial charge in [-0.3, -0.25) is 9.67 Å². The zero-order valence-electron chi connectivity index (χ0n) is 10.7. The molecule has 0 aliphatic rings. The van der Waals surface area contributed by atoms with Gasteiger partial charge in [-0.05, 0) is 18.6 Å². The van der Waals surface area contributed by atoms with Crippen LogP contribution in [0.2, 0.25) is 0 Å². The minimum Gasteiger partial charge on any atom is -0.495 e. The number of rotatable bonds is 5. The molecule has 2 rings (SSSR count). The first kappa shape index (κ1) is 12.6. The van der Waals surface area contributed by atoms with Gasteiger partial charge in [-0.1, -0.05) is 6.92 Å². The van der Waals surface area contributed by atoms with E-state index in [1.807, 2.05) is 16.8 Å². The van der Waals surface area contributed by atoms with E-state index in [4.69, 9.17) is 10.5 Å². The van der Waals surface area contributed by atoms with E-state index in [1.165, 1.54) is 0 Å². The van der Waals surface area contributed by atoms with Crippen molar-refractivity contribution in [1.82, 2.24) is 14.8 Å². The van der Waals surface area contributed by atoms with Gasteiger partial charge in [-0.25, -0.2) is 0 Å². The molecule has 18 heavy (non-hydrogen) atoms. The standard InChI is InChI=1S/C13H18N4O/c1-3-8-17-11(5-7-16-17)13(14)10-4-6-15-9-12(10)18-2/h4-7,9,13H,3,8,14H2,1-2H3. The Morgan fingerprint density at radius 3 is 2.94 bits per heavy atom. The summed E-state index contributed by atoms with van der Waals surface area (Å²) in [6.07, 6.45) is 6.20. The first-order chi connectivity index (χ1) is 8.77. The lowest BCUT2D eigenvalue weighted by molar-refractivity contribution is 0.404. The van der Waals surface area contributed by atoms with Crippen molar-refractivity contribution in [2.24, 2.45) is 5.73 Å². The predicted molar refractivity (Wildman–Crippen MR) is 69.3 cm³/mol. The minimum atomic E-state index is -0.253. The number of nitrogens with zero attached hydrogens (tertiary/aromatic N) is 3. The highest BCUT2D eigenvalue weighted by Crippen LogP contribution is 2.27. The Balaban J connectivity index is 2.35. The number of methoxy groups -OCH3 is 1. The van der Waals surface area contributed by atoms with Crippen LogP contribution in [0.3, 0.4) is 0 Å². The molecule has 0 aliphatic heterocycles. The van der Waals surface area contributed by atoms with Gasteiger partial charge in [0.15, 0.2) is 0 Å². The van der Waals surface area contributed by atoms with Crippen LogP contribution in [0.4, 0.5) is 0 Å². The zero-order chi connectivity index (χ0) is 13.0. The summed E-state index contributed by atoms with van der Waals surface area (Å²) in [5.74, 6) is 0.703. The molecule has 0 bridgehead atoms.